The van der Waals surface area contributed by atoms with E-state index >= 15 is 0 Å². The number of nitrogens with zero attached hydrogens (tertiary/aromatic N) is 4. The molecule has 0 N–H and O–H groups in total. The molecule has 0 atom stereocenters. The van der Waals surface area contributed by atoms with Crippen molar-refractivity contribution in [1.29, 1.82) is 0 Å². The zero-order valence-electron chi connectivity index (χ0n) is 19.1. The van der Waals surface area contributed by atoms with Crippen molar-refractivity contribution in [2.75, 3.05) is 23.9 Å². The Bertz CT molecular complexity index is 1260. The van der Waals surface area contributed by atoms with Crippen molar-refractivity contribution < 1.29 is 22.8 Å². The number of rotatable bonds is 5. The number of benzene rings is 2. The third kappa shape index (κ3) is 4.42. The molecule has 0 unspecified atom stereocenters. The van der Waals surface area contributed by atoms with Gasteiger partial charge in [-0.2, -0.15) is 13.2 Å². The van der Waals surface area contributed by atoms with E-state index < -0.39 is 23.0 Å². The van der Waals surface area contributed by atoms with Crippen LogP contribution in [0.2, 0.25) is 0 Å². The average molecular weight is 489 g/mol. The Morgan fingerprint density at radius 3 is 2.29 bits per heavy atom. The van der Waals surface area contributed by atoms with Crippen LogP contribution in [0.3, 0.4) is 0 Å². The Morgan fingerprint density at radius 1 is 1.03 bits per heavy atom. The van der Waals surface area contributed by atoms with Crippen LogP contribution in [0.15, 0.2) is 59.5 Å². The van der Waals surface area contributed by atoms with Gasteiger partial charge in [0.2, 0.25) is 0 Å². The molecule has 3 amide bonds. The average Bonchev–Trinajstić information content (AvgIpc) is 2.92. The van der Waals surface area contributed by atoms with E-state index in [-0.39, 0.29) is 28.9 Å². The van der Waals surface area contributed by atoms with E-state index in [1.54, 1.807) is 13.8 Å². The molecule has 2 aromatic carbocycles. The van der Waals surface area contributed by atoms with Crippen molar-refractivity contribution in [3.8, 4) is 0 Å². The summed E-state index contributed by atoms with van der Waals surface area (Å²) in [6, 6.07) is 14.2. The monoisotopic (exact) mass is 488 g/mol. The van der Waals surface area contributed by atoms with Crippen molar-refractivity contribution in [2.24, 2.45) is 0 Å². The van der Waals surface area contributed by atoms with Crippen LogP contribution in [0.25, 0.3) is 10.9 Å². The van der Waals surface area contributed by atoms with Crippen LogP contribution < -0.4 is 9.80 Å². The first-order chi connectivity index (χ1) is 15.9. The lowest BCUT2D eigenvalue weighted by atomic mass is 10.0. The molecule has 0 bridgehead atoms. The van der Waals surface area contributed by atoms with Crippen LogP contribution in [0.1, 0.15) is 19.4 Å². The summed E-state index contributed by atoms with van der Waals surface area (Å²) < 4.78 is 37.9. The maximum Gasteiger partial charge on any atom is 0.446 e. The van der Waals surface area contributed by atoms with Gasteiger partial charge in [-0.25, -0.2) is 14.7 Å². The quantitative estimate of drug-likeness (QED) is 0.343. The first-order valence-corrected chi connectivity index (χ1v) is 11.3. The van der Waals surface area contributed by atoms with Crippen LogP contribution in [0.4, 0.5) is 29.5 Å². The minimum absolute atomic E-state index is 0.0223. The number of urea groups is 1. The van der Waals surface area contributed by atoms with Crippen molar-refractivity contribution in [3.63, 3.8) is 0 Å². The predicted octanol–water partition coefficient (Wildman–Crippen LogP) is 5.66. The van der Waals surface area contributed by atoms with Gasteiger partial charge in [-0.15, -0.1) is 0 Å². The normalized spacial score (nSPS) is 16.0. The number of imide groups is 1. The molecule has 3 aromatic rings. The minimum atomic E-state index is -4.42. The highest BCUT2D eigenvalue weighted by molar-refractivity contribution is 8.00. The van der Waals surface area contributed by atoms with Crippen LogP contribution in [-0.4, -0.2) is 47.0 Å². The molecular formula is C24H23F3N4O2S. The highest BCUT2D eigenvalue weighted by Gasteiger charge is 2.51. The van der Waals surface area contributed by atoms with Gasteiger partial charge in [0, 0.05) is 30.9 Å². The molecule has 34 heavy (non-hydrogen) atoms. The Morgan fingerprint density at radius 2 is 1.68 bits per heavy atom. The Hall–Kier alpha value is -3.27. The Labute approximate surface area is 199 Å². The molecule has 1 aliphatic heterocycles. The van der Waals surface area contributed by atoms with E-state index in [2.05, 4.69) is 4.98 Å². The lowest BCUT2D eigenvalue weighted by molar-refractivity contribution is -0.123. The number of amides is 3. The van der Waals surface area contributed by atoms with E-state index in [0.29, 0.717) is 0 Å². The number of pyridine rings is 1. The van der Waals surface area contributed by atoms with Gasteiger partial charge in [0.05, 0.1) is 11.2 Å². The molecule has 1 saturated heterocycles. The largest absolute Gasteiger partial charge is 0.446 e. The second-order valence-electron chi connectivity index (χ2n) is 8.66. The number of halogens is 3. The van der Waals surface area contributed by atoms with Gasteiger partial charge >= 0.3 is 11.5 Å². The topological polar surface area (TPSA) is 56.8 Å². The second kappa shape index (κ2) is 8.50. The predicted molar refractivity (Wildman–Crippen MR) is 127 cm³/mol. The Kier molecular flexibility index (Phi) is 5.97. The van der Waals surface area contributed by atoms with Crippen LogP contribution in [-0.2, 0) is 11.3 Å². The number of carbonyl (C=O) groups excluding carboxylic acids is 2. The van der Waals surface area contributed by atoms with Crippen molar-refractivity contribution >= 4 is 46.1 Å². The van der Waals surface area contributed by atoms with Gasteiger partial charge in [-0.1, -0.05) is 18.2 Å². The summed E-state index contributed by atoms with van der Waals surface area (Å²) in [7, 11) is 3.75. The highest BCUT2D eigenvalue weighted by Crippen LogP contribution is 2.39. The summed E-state index contributed by atoms with van der Waals surface area (Å²) in [5, 5.41) is 0.871. The third-order valence-electron chi connectivity index (χ3n) is 5.73. The number of carbonyl (C=O) groups is 2. The number of aromatic nitrogens is 1. The van der Waals surface area contributed by atoms with Crippen molar-refractivity contribution in [3.05, 3.63) is 60.2 Å². The first kappa shape index (κ1) is 23.9. The van der Waals surface area contributed by atoms with Gasteiger partial charge in [0.25, 0.3) is 5.91 Å². The number of fused-ring (bicyclic) bond motifs is 1. The summed E-state index contributed by atoms with van der Waals surface area (Å²) >= 11 is -0.248. The molecule has 178 valence electrons. The smallest absolute Gasteiger partial charge is 0.363 e. The zero-order chi connectivity index (χ0) is 24.8. The molecule has 1 aliphatic rings. The number of para-hydroxylation sites is 1. The molecule has 6 nitrogen and oxygen atoms in total. The van der Waals surface area contributed by atoms with Crippen LogP contribution in [0.5, 0.6) is 0 Å². The van der Waals surface area contributed by atoms with E-state index in [9.17, 15) is 22.8 Å². The second-order valence-corrected chi connectivity index (χ2v) is 9.80. The maximum atomic E-state index is 13.4. The minimum Gasteiger partial charge on any atom is -0.363 e. The summed E-state index contributed by atoms with van der Waals surface area (Å²) in [5.41, 5.74) is -3.74. The first-order valence-electron chi connectivity index (χ1n) is 10.5. The van der Waals surface area contributed by atoms with E-state index in [0.717, 1.165) is 27.2 Å². The standard InChI is InChI=1S/C24H23F3N4O2S/c1-23(2)21(32)31(16-9-11-17(12-10-16)34-24(25,26)27)22(33)30(23)14-15-13-20(29(3)4)28-19-8-6-5-7-18(15)19/h5-13H,14H2,1-4H3. The highest BCUT2D eigenvalue weighted by atomic mass is 32.2. The number of hydrogen-bond donors (Lipinski definition) is 0. The van der Waals surface area contributed by atoms with Crippen LogP contribution in [0, 0.1) is 0 Å². The van der Waals surface area contributed by atoms with Gasteiger partial charge in [0.1, 0.15) is 11.4 Å². The van der Waals surface area contributed by atoms with Crippen molar-refractivity contribution in [2.45, 2.75) is 36.3 Å². The molecule has 0 aliphatic carbocycles. The van der Waals surface area contributed by atoms with E-state index in [4.69, 9.17) is 0 Å². The number of anilines is 2. The van der Waals surface area contributed by atoms with Gasteiger partial charge in [-0.05, 0) is 67.6 Å². The molecule has 4 rings (SSSR count). The van der Waals surface area contributed by atoms with Crippen LogP contribution >= 0.6 is 11.8 Å². The van der Waals surface area contributed by atoms with Crippen molar-refractivity contribution in [1.82, 2.24) is 9.88 Å². The van der Waals surface area contributed by atoms with Gasteiger partial charge < -0.3 is 9.80 Å². The number of alkyl halides is 3. The fourth-order valence-electron chi connectivity index (χ4n) is 3.89. The SMILES string of the molecule is CN(C)c1cc(CN2C(=O)N(c3ccc(SC(F)(F)F)cc3)C(=O)C2(C)C)c2ccccc2n1. The molecule has 1 aromatic heterocycles. The lowest BCUT2D eigenvalue weighted by Gasteiger charge is -2.28. The maximum absolute atomic E-state index is 13.4. The third-order valence-corrected chi connectivity index (χ3v) is 6.47. The number of thioether (sulfide) groups is 1. The Balaban J connectivity index is 1.68. The summed E-state index contributed by atoms with van der Waals surface area (Å²) in [6.45, 7) is 3.49. The molecule has 1 fully saturated rings. The van der Waals surface area contributed by atoms with E-state index in [1.807, 2.05) is 49.3 Å². The van der Waals surface area contributed by atoms with Gasteiger partial charge in [-0.3, -0.25) is 4.79 Å². The zero-order valence-corrected chi connectivity index (χ0v) is 19.9. The molecule has 10 heteroatoms. The fraction of sp³-hybridized carbons (Fsp3) is 0.292. The summed E-state index contributed by atoms with van der Waals surface area (Å²) in [5.74, 6) is 0.277. The molecular weight excluding hydrogens is 465 g/mol. The lowest BCUT2D eigenvalue weighted by Crippen LogP contribution is -2.43. The number of hydrogen-bond acceptors (Lipinski definition) is 5. The molecule has 0 saturated carbocycles. The molecule has 0 radical (unpaired) electrons. The van der Waals surface area contributed by atoms with Gasteiger partial charge in [0.15, 0.2) is 0 Å². The van der Waals surface area contributed by atoms with E-state index in [1.165, 1.54) is 29.2 Å². The fourth-order valence-corrected chi connectivity index (χ4v) is 4.43. The molecule has 0 spiro atoms. The molecule has 2 heterocycles. The summed E-state index contributed by atoms with van der Waals surface area (Å²) in [6.07, 6.45) is 0. The summed E-state index contributed by atoms with van der Waals surface area (Å²) in [4.78, 5) is 35.7.